The summed E-state index contributed by atoms with van der Waals surface area (Å²) >= 11 is 3.46. The summed E-state index contributed by atoms with van der Waals surface area (Å²) in [5.74, 6) is 0.466. The van der Waals surface area contributed by atoms with Crippen LogP contribution in [0.15, 0.2) is 77.8 Å². The average molecular weight is 420 g/mol. The van der Waals surface area contributed by atoms with Crippen LogP contribution in [0, 0.1) is 0 Å². The molecule has 0 unspecified atom stereocenters. The minimum atomic E-state index is -0.199. The summed E-state index contributed by atoms with van der Waals surface area (Å²) in [5, 5.41) is 7.00. The highest BCUT2D eigenvalue weighted by molar-refractivity contribution is 9.10. The molecule has 4 rings (SSSR count). The van der Waals surface area contributed by atoms with Gasteiger partial charge >= 0.3 is 0 Å². The Morgan fingerprint density at radius 1 is 0.926 bits per heavy atom. The van der Waals surface area contributed by atoms with E-state index in [0.717, 1.165) is 21.1 Å². The molecule has 0 aliphatic heterocycles. The van der Waals surface area contributed by atoms with Gasteiger partial charge in [-0.1, -0.05) is 22.0 Å². The predicted molar refractivity (Wildman–Crippen MR) is 109 cm³/mol. The summed E-state index contributed by atoms with van der Waals surface area (Å²) in [4.78, 5) is 24.9. The van der Waals surface area contributed by atoms with Crippen molar-refractivity contribution < 1.29 is 4.79 Å². The van der Waals surface area contributed by atoms with Crippen molar-refractivity contribution in [2.24, 2.45) is 0 Å². The van der Waals surface area contributed by atoms with E-state index >= 15 is 0 Å². The Morgan fingerprint density at radius 2 is 1.78 bits per heavy atom. The lowest BCUT2D eigenvalue weighted by molar-refractivity contribution is 0.102. The SMILES string of the molecule is O=C(Nc1ccc2ncnc(Nc3cccc(Br)c3)c2c1)c1ccncc1. The molecule has 0 aliphatic rings. The molecule has 2 aromatic heterocycles. The average Bonchev–Trinajstić information content (AvgIpc) is 2.69. The third-order valence-electron chi connectivity index (χ3n) is 3.92. The van der Waals surface area contributed by atoms with Crippen LogP contribution in [0.2, 0.25) is 0 Å². The number of benzene rings is 2. The van der Waals surface area contributed by atoms with Gasteiger partial charge < -0.3 is 10.6 Å². The lowest BCUT2D eigenvalue weighted by atomic mass is 10.2. The van der Waals surface area contributed by atoms with E-state index < -0.39 is 0 Å². The molecule has 0 saturated carbocycles. The number of carbonyl (C=O) groups excluding carboxylic acids is 1. The number of halogens is 1. The van der Waals surface area contributed by atoms with Gasteiger partial charge in [-0.2, -0.15) is 0 Å². The van der Waals surface area contributed by atoms with Crippen LogP contribution in [0.4, 0.5) is 17.2 Å². The minimum Gasteiger partial charge on any atom is -0.340 e. The van der Waals surface area contributed by atoms with E-state index in [1.54, 1.807) is 24.5 Å². The topological polar surface area (TPSA) is 79.8 Å². The van der Waals surface area contributed by atoms with Crippen LogP contribution < -0.4 is 10.6 Å². The van der Waals surface area contributed by atoms with Crippen LogP contribution in [0.5, 0.6) is 0 Å². The lowest BCUT2D eigenvalue weighted by Crippen LogP contribution is -2.11. The monoisotopic (exact) mass is 419 g/mol. The molecule has 0 saturated heterocycles. The number of pyridine rings is 1. The van der Waals surface area contributed by atoms with E-state index in [1.807, 2.05) is 42.5 Å². The smallest absolute Gasteiger partial charge is 0.255 e. The van der Waals surface area contributed by atoms with E-state index in [0.29, 0.717) is 17.1 Å². The van der Waals surface area contributed by atoms with E-state index in [9.17, 15) is 4.79 Å². The van der Waals surface area contributed by atoms with Gasteiger partial charge in [-0.15, -0.1) is 0 Å². The number of rotatable bonds is 4. The Labute approximate surface area is 163 Å². The Hall–Kier alpha value is -3.32. The number of carbonyl (C=O) groups is 1. The van der Waals surface area contributed by atoms with Crippen LogP contribution in [-0.2, 0) is 0 Å². The molecule has 4 aromatic rings. The number of hydrogen-bond acceptors (Lipinski definition) is 5. The number of nitrogens with one attached hydrogen (secondary N) is 2. The standard InChI is InChI=1S/C20H14BrN5O/c21-14-2-1-3-15(10-14)25-19-17-11-16(4-5-18(17)23-12-24-19)26-20(27)13-6-8-22-9-7-13/h1-12H,(H,26,27)(H,23,24,25). The Balaban J connectivity index is 1.66. The van der Waals surface area contributed by atoms with Gasteiger partial charge in [0.1, 0.15) is 12.1 Å². The highest BCUT2D eigenvalue weighted by atomic mass is 79.9. The number of anilines is 3. The zero-order valence-electron chi connectivity index (χ0n) is 14.1. The maximum absolute atomic E-state index is 12.4. The van der Waals surface area contributed by atoms with Crippen LogP contribution in [0.1, 0.15) is 10.4 Å². The second kappa shape index (κ2) is 7.51. The van der Waals surface area contributed by atoms with Gasteiger partial charge in [0.2, 0.25) is 0 Å². The van der Waals surface area contributed by atoms with E-state index in [2.05, 4.69) is 41.5 Å². The zero-order valence-corrected chi connectivity index (χ0v) is 15.6. The molecule has 0 atom stereocenters. The van der Waals surface area contributed by atoms with E-state index in [4.69, 9.17) is 0 Å². The summed E-state index contributed by atoms with van der Waals surface area (Å²) in [5.41, 5.74) is 2.89. The van der Waals surface area contributed by atoms with Crippen molar-refractivity contribution in [3.8, 4) is 0 Å². The first-order valence-electron chi connectivity index (χ1n) is 8.18. The summed E-state index contributed by atoms with van der Waals surface area (Å²) in [7, 11) is 0. The van der Waals surface area contributed by atoms with Crippen LogP contribution >= 0.6 is 15.9 Å². The van der Waals surface area contributed by atoms with Gasteiger partial charge in [-0.25, -0.2) is 9.97 Å². The molecular weight excluding hydrogens is 406 g/mol. The molecule has 0 spiro atoms. The normalized spacial score (nSPS) is 10.6. The van der Waals surface area contributed by atoms with Crippen LogP contribution in [0.25, 0.3) is 10.9 Å². The highest BCUT2D eigenvalue weighted by Gasteiger charge is 2.09. The largest absolute Gasteiger partial charge is 0.340 e. The van der Waals surface area contributed by atoms with Crippen molar-refractivity contribution in [3.05, 3.63) is 83.4 Å². The third kappa shape index (κ3) is 3.93. The molecule has 6 nitrogen and oxygen atoms in total. The summed E-state index contributed by atoms with van der Waals surface area (Å²) < 4.78 is 0.969. The van der Waals surface area contributed by atoms with Crippen molar-refractivity contribution in [1.82, 2.24) is 15.0 Å². The maximum atomic E-state index is 12.4. The fourth-order valence-corrected chi connectivity index (χ4v) is 3.04. The van der Waals surface area contributed by atoms with Gasteiger partial charge in [0, 0.05) is 39.2 Å². The summed E-state index contributed by atoms with van der Waals surface area (Å²) in [6.45, 7) is 0. The first-order valence-corrected chi connectivity index (χ1v) is 8.97. The maximum Gasteiger partial charge on any atom is 0.255 e. The number of hydrogen-bond donors (Lipinski definition) is 2. The Bertz CT molecular complexity index is 1120. The molecule has 27 heavy (non-hydrogen) atoms. The van der Waals surface area contributed by atoms with Gasteiger partial charge in [-0.05, 0) is 48.5 Å². The van der Waals surface area contributed by atoms with Crippen molar-refractivity contribution in [2.45, 2.75) is 0 Å². The van der Waals surface area contributed by atoms with Crippen LogP contribution in [-0.4, -0.2) is 20.9 Å². The van der Waals surface area contributed by atoms with Gasteiger partial charge in [0.25, 0.3) is 5.91 Å². The Kier molecular flexibility index (Phi) is 4.76. The number of fused-ring (bicyclic) bond motifs is 1. The van der Waals surface area contributed by atoms with Crippen molar-refractivity contribution >= 4 is 49.9 Å². The molecule has 0 aliphatic carbocycles. The summed E-state index contributed by atoms with van der Waals surface area (Å²) in [6, 6.07) is 16.7. The van der Waals surface area contributed by atoms with E-state index in [1.165, 1.54) is 6.33 Å². The molecule has 132 valence electrons. The quantitative estimate of drug-likeness (QED) is 0.497. The molecule has 2 heterocycles. The first-order chi connectivity index (χ1) is 13.2. The second-order valence-corrected chi connectivity index (χ2v) is 6.70. The van der Waals surface area contributed by atoms with Crippen LogP contribution in [0.3, 0.4) is 0 Å². The predicted octanol–water partition coefficient (Wildman–Crippen LogP) is 4.78. The second-order valence-electron chi connectivity index (χ2n) is 5.78. The Morgan fingerprint density at radius 3 is 2.59 bits per heavy atom. The molecule has 2 N–H and O–H groups in total. The molecule has 2 aromatic carbocycles. The van der Waals surface area contributed by atoms with Gasteiger partial charge in [-0.3, -0.25) is 9.78 Å². The zero-order chi connectivity index (χ0) is 18.6. The summed E-state index contributed by atoms with van der Waals surface area (Å²) in [6.07, 6.45) is 4.68. The number of aromatic nitrogens is 3. The first kappa shape index (κ1) is 17.1. The van der Waals surface area contributed by atoms with Crippen molar-refractivity contribution in [2.75, 3.05) is 10.6 Å². The van der Waals surface area contributed by atoms with Crippen molar-refractivity contribution in [1.29, 1.82) is 0 Å². The van der Waals surface area contributed by atoms with Gasteiger partial charge in [0.15, 0.2) is 0 Å². The molecule has 0 bridgehead atoms. The molecule has 0 radical (unpaired) electrons. The minimum absolute atomic E-state index is 0.199. The molecule has 1 amide bonds. The van der Waals surface area contributed by atoms with Gasteiger partial charge in [0.05, 0.1) is 5.52 Å². The number of nitrogens with zero attached hydrogens (tertiary/aromatic N) is 3. The molecule has 0 fully saturated rings. The fourth-order valence-electron chi connectivity index (χ4n) is 2.64. The lowest BCUT2D eigenvalue weighted by Gasteiger charge is -2.11. The molecular formula is C20H14BrN5O. The highest BCUT2D eigenvalue weighted by Crippen LogP contribution is 2.27. The van der Waals surface area contributed by atoms with Crippen molar-refractivity contribution in [3.63, 3.8) is 0 Å². The van der Waals surface area contributed by atoms with E-state index in [-0.39, 0.29) is 5.91 Å². The molecule has 7 heteroatoms. The fraction of sp³-hybridized carbons (Fsp3) is 0. The third-order valence-corrected chi connectivity index (χ3v) is 4.42. The number of amides is 1.